The predicted octanol–water partition coefficient (Wildman–Crippen LogP) is 19.2. The zero-order chi connectivity index (χ0) is 50.0. The molecule has 1 amide bonds. The van der Waals surface area contributed by atoms with Crippen molar-refractivity contribution in [2.75, 3.05) is 13.2 Å². The van der Waals surface area contributed by atoms with Gasteiger partial charge in [0.25, 0.3) is 0 Å². The molecule has 2 atom stereocenters. The molecule has 0 bridgehead atoms. The average molecular weight is 971 g/mol. The lowest BCUT2D eigenvalue weighted by molar-refractivity contribution is -0.143. The maximum atomic E-state index is 12.4. The van der Waals surface area contributed by atoms with E-state index < -0.39 is 12.1 Å². The van der Waals surface area contributed by atoms with Crippen molar-refractivity contribution in [3.63, 3.8) is 0 Å². The van der Waals surface area contributed by atoms with E-state index in [1.165, 1.54) is 250 Å². The quantitative estimate of drug-likeness (QED) is 0.0321. The van der Waals surface area contributed by atoms with Crippen LogP contribution in [0.4, 0.5) is 0 Å². The van der Waals surface area contributed by atoms with Crippen molar-refractivity contribution in [2.24, 2.45) is 0 Å². The molecule has 6 heteroatoms. The minimum atomic E-state index is -0.841. The molecular weight excluding hydrogens is 851 g/mol. The third-order valence-electron chi connectivity index (χ3n) is 14.1. The van der Waals surface area contributed by atoms with E-state index in [0.717, 1.165) is 51.4 Å². The van der Waals surface area contributed by atoms with Crippen molar-refractivity contribution in [3.8, 4) is 0 Å². The second-order valence-corrected chi connectivity index (χ2v) is 21.0. The molecule has 0 saturated carbocycles. The lowest BCUT2D eigenvalue weighted by Crippen LogP contribution is -2.45. The second-order valence-electron chi connectivity index (χ2n) is 21.0. The Morgan fingerprint density at radius 2 is 0.754 bits per heavy atom. The number of esters is 1. The summed E-state index contributed by atoms with van der Waals surface area (Å²) in [5, 5.41) is 23.1. The predicted molar refractivity (Wildman–Crippen MR) is 301 cm³/mol. The van der Waals surface area contributed by atoms with Crippen LogP contribution in [0.25, 0.3) is 0 Å². The van der Waals surface area contributed by atoms with Crippen LogP contribution in [0.2, 0.25) is 0 Å². The minimum Gasteiger partial charge on any atom is -0.466 e. The molecule has 3 N–H and O–H groups in total. The van der Waals surface area contributed by atoms with E-state index in [2.05, 4.69) is 43.5 Å². The maximum Gasteiger partial charge on any atom is 0.305 e. The summed E-state index contributed by atoms with van der Waals surface area (Å²) < 4.78 is 5.47. The van der Waals surface area contributed by atoms with Crippen LogP contribution in [0.15, 0.2) is 36.5 Å². The Balaban J connectivity index is 3.35. The van der Waals surface area contributed by atoms with Gasteiger partial charge >= 0.3 is 5.97 Å². The molecule has 6 nitrogen and oxygen atoms in total. The van der Waals surface area contributed by atoms with E-state index in [9.17, 15) is 19.8 Å². The molecular formula is C63H119NO5. The van der Waals surface area contributed by atoms with Gasteiger partial charge in [0.2, 0.25) is 5.91 Å². The number of carbonyl (C=O) groups is 2. The molecule has 0 fully saturated rings. The fourth-order valence-electron chi connectivity index (χ4n) is 9.44. The van der Waals surface area contributed by atoms with Gasteiger partial charge in [-0.2, -0.15) is 0 Å². The van der Waals surface area contributed by atoms with Crippen LogP contribution >= 0.6 is 0 Å². The van der Waals surface area contributed by atoms with Crippen molar-refractivity contribution in [1.29, 1.82) is 0 Å². The van der Waals surface area contributed by atoms with Gasteiger partial charge in [-0.25, -0.2) is 0 Å². The zero-order valence-corrected chi connectivity index (χ0v) is 46.3. The summed E-state index contributed by atoms with van der Waals surface area (Å²) in [5.74, 6) is -0.0634. The van der Waals surface area contributed by atoms with E-state index in [0.29, 0.717) is 19.4 Å². The van der Waals surface area contributed by atoms with Crippen molar-refractivity contribution >= 4 is 11.9 Å². The van der Waals surface area contributed by atoms with Crippen LogP contribution in [0, 0.1) is 0 Å². The first-order chi connectivity index (χ1) is 34.0. The van der Waals surface area contributed by atoms with E-state index in [4.69, 9.17) is 4.74 Å². The SMILES string of the molecule is CCC/C=C\C/C=C\CCCCCCCC(=O)OCCCCCCCCCCCCCCCCCCCCCCCCCCCCCC(=O)NC(CO)C(O)/C=C/CCCCCCCCCCCC. The van der Waals surface area contributed by atoms with Crippen molar-refractivity contribution < 1.29 is 24.5 Å². The lowest BCUT2D eigenvalue weighted by Gasteiger charge is -2.20. The summed E-state index contributed by atoms with van der Waals surface area (Å²) >= 11 is 0. The number of carbonyl (C=O) groups excluding carboxylic acids is 2. The number of aliphatic hydroxyl groups is 2. The number of allylic oxidation sites excluding steroid dienone is 5. The fourth-order valence-corrected chi connectivity index (χ4v) is 9.44. The molecule has 0 rings (SSSR count). The van der Waals surface area contributed by atoms with E-state index in [-0.39, 0.29) is 18.5 Å². The average Bonchev–Trinajstić information content (AvgIpc) is 3.35. The van der Waals surface area contributed by atoms with Crippen molar-refractivity contribution in [1.82, 2.24) is 5.32 Å². The zero-order valence-electron chi connectivity index (χ0n) is 46.3. The largest absolute Gasteiger partial charge is 0.466 e. The Morgan fingerprint density at radius 3 is 1.16 bits per heavy atom. The summed E-state index contributed by atoms with van der Waals surface area (Å²) in [7, 11) is 0. The molecule has 0 aliphatic carbocycles. The second kappa shape index (κ2) is 58.6. The highest BCUT2D eigenvalue weighted by atomic mass is 16.5. The first kappa shape index (κ1) is 67.1. The number of nitrogens with one attached hydrogen (secondary N) is 1. The van der Waals surface area contributed by atoms with Crippen LogP contribution in [0.1, 0.15) is 328 Å². The van der Waals surface area contributed by atoms with Crippen molar-refractivity contribution in [2.45, 2.75) is 341 Å². The van der Waals surface area contributed by atoms with Crippen LogP contribution < -0.4 is 5.32 Å². The highest BCUT2D eigenvalue weighted by Gasteiger charge is 2.18. The number of unbranched alkanes of at least 4 members (excludes halogenated alkanes) is 42. The Morgan fingerprint density at radius 1 is 0.406 bits per heavy atom. The summed E-state index contributed by atoms with van der Waals surface area (Å²) in [6.07, 6.45) is 73.4. The molecule has 0 aliphatic rings. The lowest BCUT2D eigenvalue weighted by atomic mass is 10.0. The molecule has 0 aromatic rings. The fraction of sp³-hybridized carbons (Fsp3) is 0.873. The van der Waals surface area contributed by atoms with Gasteiger partial charge < -0.3 is 20.3 Å². The van der Waals surface area contributed by atoms with Gasteiger partial charge in [0.1, 0.15) is 0 Å². The third kappa shape index (κ3) is 55.2. The Kier molecular flexibility index (Phi) is 57.0. The Bertz CT molecular complexity index is 1120. The molecule has 0 spiro atoms. The Hall–Kier alpha value is -1.92. The minimum absolute atomic E-state index is 0.00208. The topological polar surface area (TPSA) is 95.9 Å². The molecule has 69 heavy (non-hydrogen) atoms. The standard InChI is InChI=1S/C63H119NO5/c1-3-5-7-9-11-13-15-32-37-41-45-49-53-57-63(68)69-58-54-50-46-42-38-34-31-29-27-25-23-21-19-17-18-20-22-24-26-28-30-33-36-40-44-48-52-56-62(67)64-60(59-65)61(66)55-51-47-43-39-35-16-14-12-10-8-6-4-2/h7,9,13,15,51,55,60-61,65-66H,3-6,8,10-12,14,16-50,52-54,56-59H2,1-2H3,(H,64,67)/b9-7-,15-13-,55-51+. The molecule has 0 saturated heterocycles. The number of amides is 1. The number of ether oxygens (including phenoxy) is 1. The van der Waals surface area contributed by atoms with Gasteiger partial charge in [0.05, 0.1) is 25.4 Å². The van der Waals surface area contributed by atoms with Crippen LogP contribution in [-0.2, 0) is 14.3 Å². The molecule has 0 aromatic carbocycles. The molecule has 2 unspecified atom stereocenters. The van der Waals surface area contributed by atoms with Gasteiger partial charge in [-0.15, -0.1) is 0 Å². The van der Waals surface area contributed by atoms with Crippen molar-refractivity contribution in [3.05, 3.63) is 36.5 Å². The number of aliphatic hydroxyl groups excluding tert-OH is 2. The van der Waals surface area contributed by atoms with Gasteiger partial charge in [0.15, 0.2) is 0 Å². The van der Waals surface area contributed by atoms with E-state index >= 15 is 0 Å². The maximum absolute atomic E-state index is 12.4. The van der Waals surface area contributed by atoms with Gasteiger partial charge in [-0.1, -0.05) is 294 Å². The molecule has 406 valence electrons. The van der Waals surface area contributed by atoms with Crippen LogP contribution in [-0.4, -0.2) is 47.4 Å². The number of hydrogen-bond acceptors (Lipinski definition) is 5. The van der Waals surface area contributed by atoms with Crippen LogP contribution in [0.3, 0.4) is 0 Å². The van der Waals surface area contributed by atoms with E-state index in [1.54, 1.807) is 6.08 Å². The third-order valence-corrected chi connectivity index (χ3v) is 14.1. The smallest absolute Gasteiger partial charge is 0.305 e. The Labute approximate surface area is 430 Å². The first-order valence-corrected chi connectivity index (χ1v) is 30.8. The van der Waals surface area contributed by atoms with Gasteiger partial charge in [0, 0.05) is 12.8 Å². The molecule has 0 radical (unpaired) electrons. The monoisotopic (exact) mass is 970 g/mol. The summed E-state index contributed by atoms with van der Waals surface area (Å²) in [6.45, 7) is 4.84. The highest BCUT2D eigenvalue weighted by Crippen LogP contribution is 2.18. The summed E-state index contributed by atoms with van der Waals surface area (Å²) in [4.78, 5) is 24.5. The first-order valence-electron chi connectivity index (χ1n) is 30.8. The highest BCUT2D eigenvalue weighted by molar-refractivity contribution is 5.76. The normalized spacial score (nSPS) is 12.8. The molecule has 0 aromatic heterocycles. The molecule has 0 aliphatic heterocycles. The number of hydrogen-bond donors (Lipinski definition) is 3. The summed E-state index contributed by atoms with van der Waals surface area (Å²) in [6, 6.07) is -0.625. The van der Waals surface area contributed by atoms with E-state index in [1.807, 2.05) is 6.08 Å². The van der Waals surface area contributed by atoms with Crippen LogP contribution in [0.5, 0.6) is 0 Å². The molecule has 0 heterocycles. The number of rotatable bonds is 57. The van der Waals surface area contributed by atoms with Gasteiger partial charge in [-0.3, -0.25) is 9.59 Å². The summed E-state index contributed by atoms with van der Waals surface area (Å²) in [5.41, 5.74) is 0. The van der Waals surface area contributed by atoms with Gasteiger partial charge in [-0.05, 0) is 57.8 Å².